The number of carbonyl (C=O) groups is 1. The summed E-state index contributed by atoms with van der Waals surface area (Å²) in [5.41, 5.74) is 0.883. The van der Waals surface area contributed by atoms with Crippen LogP contribution in [0.5, 0.6) is 0 Å². The second kappa shape index (κ2) is 9.08. The molecule has 2 fully saturated rings. The first-order valence-electron chi connectivity index (χ1n) is 10.3. The quantitative estimate of drug-likeness (QED) is 0.687. The van der Waals surface area contributed by atoms with Gasteiger partial charge in [0.25, 0.3) is 15.9 Å². The van der Waals surface area contributed by atoms with Gasteiger partial charge >= 0.3 is 0 Å². The SMILES string of the molecule is O=C(c1cccc(NS(=O)(=O)c2ccc(Br)cc2)c1)N1CCN(C2CCCC2)CC1. The lowest BCUT2D eigenvalue weighted by atomic mass is 10.1. The summed E-state index contributed by atoms with van der Waals surface area (Å²) in [4.78, 5) is 17.5. The van der Waals surface area contributed by atoms with Crippen LogP contribution in [0, 0.1) is 0 Å². The van der Waals surface area contributed by atoms with E-state index in [0.29, 0.717) is 30.4 Å². The number of nitrogens with one attached hydrogen (secondary N) is 1. The molecular weight excluding hydrogens is 466 g/mol. The fraction of sp³-hybridized carbons (Fsp3) is 0.409. The third-order valence-electron chi connectivity index (χ3n) is 5.93. The van der Waals surface area contributed by atoms with Crippen LogP contribution in [0.4, 0.5) is 5.69 Å². The van der Waals surface area contributed by atoms with Crippen LogP contribution in [0.25, 0.3) is 0 Å². The first-order valence-corrected chi connectivity index (χ1v) is 12.6. The fourth-order valence-electron chi connectivity index (χ4n) is 4.29. The first kappa shape index (κ1) is 21.3. The predicted octanol–water partition coefficient (Wildman–Crippen LogP) is 3.95. The zero-order valence-electron chi connectivity index (χ0n) is 16.8. The maximum absolute atomic E-state index is 13.0. The van der Waals surface area contributed by atoms with Gasteiger partial charge in [-0.25, -0.2) is 8.42 Å². The van der Waals surface area contributed by atoms with Crippen molar-refractivity contribution in [3.63, 3.8) is 0 Å². The Morgan fingerprint density at radius 3 is 2.30 bits per heavy atom. The molecule has 1 aliphatic carbocycles. The third kappa shape index (κ3) is 4.87. The van der Waals surface area contributed by atoms with E-state index in [1.54, 1.807) is 36.4 Å². The van der Waals surface area contributed by atoms with Crippen LogP contribution in [0.15, 0.2) is 57.9 Å². The molecule has 2 aliphatic rings. The molecule has 0 radical (unpaired) electrons. The van der Waals surface area contributed by atoms with Gasteiger partial charge in [-0.2, -0.15) is 0 Å². The van der Waals surface area contributed by atoms with E-state index in [1.807, 2.05) is 4.90 Å². The van der Waals surface area contributed by atoms with Gasteiger partial charge < -0.3 is 4.90 Å². The van der Waals surface area contributed by atoms with Gasteiger partial charge in [-0.3, -0.25) is 14.4 Å². The molecule has 4 rings (SSSR count). The predicted molar refractivity (Wildman–Crippen MR) is 121 cm³/mol. The summed E-state index contributed by atoms with van der Waals surface area (Å²) in [7, 11) is -3.72. The molecule has 1 aliphatic heterocycles. The van der Waals surface area contributed by atoms with E-state index >= 15 is 0 Å². The number of rotatable bonds is 5. The van der Waals surface area contributed by atoms with Gasteiger partial charge in [0.1, 0.15) is 0 Å². The lowest BCUT2D eigenvalue weighted by molar-refractivity contribution is 0.0573. The van der Waals surface area contributed by atoms with Gasteiger partial charge in [0.2, 0.25) is 0 Å². The normalized spacial score (nSPS) is 18.5. The number of hydrogen-bond acceptors (Lipinski definition) is 4. The summed E-state index contributed by atoms with van der Waals surface area (Å²) in [5, 5.41) is 0. The molecule has 0 bridgehead atoms. The molecule has 0 aromatic heterocycles. The molecule has 2 aromatic carbocycles. The summed E-state index contributed by atoms with van der Waals surface area (Å²) in [6.45, 7) is 3.24. The second-order valence-electron chi connectivity index (χ2n) is 7.91. The largest absolute Gasteiger partial charge is 0.336 e. The molecule has 1 saturated heterocycles. The van der Waals surface area contributed by atoms with E-state index in [2.05, 4.69) is 25.6 Å². The van der Waals surface area contributed by atoms with Crippen LogP contribution in [0.3, 0.4) is 0 Å². The number of carbonyl (C=O) groups excluding carboxylic acids is 1. The van der Waals surface area contributed by atoms with E-state index in [-0.39, 0.29) is 10.8 Å². The van der Waals surface area contributed by atoms with E-state index in [1.165, 1.54) is 37.8 Å². The lowest BCUT2D eigenvalue weighted by Crippen LogP contribution is -2.51. The molecular formula is C22H26BrN3O3S. The number of piperazine rings is 1. The maximum atomic E-state index is 13.0. The highest BCUT2D eigenvalue weighted by Gasteiger charge is 2.28. The number of hydrogen-bond donors (Lipinski definition) is 1. The van der Waals surface area contributed by atoms with Gasteiger partial charge in [-0.1, -0.05) is 34.8 Å². The molecule has 1 N–H and O–H groups in total. The molecule has 0 unspecified atom stereocenters. The first-order chi connectivity index (χ1) is 14.4. The number of anilines is 1. The standard InChI is InChI=1S/C22H26BrN3O3S/c23-18-8-10-21(11-9-18)30(28,29)24-19-5-3-4-17(16-19)22(27)26-14-12-25(13-15-26)20-6-1-2-7-20/h3-5,8-11,16,20,24H,1-2,6-7,12-15H2. The molecule has 6 nitrogen and oxygen atoms in total. The van der Waals surface area contributed by atoms with Crippen molar-refractivity contribution in [1.29, 1.82) is 0 Å². The van der Waals surface area contributed by atoms with Crippen molar-refractivity contribution >= 4 is 37.5 Å². The van der Waals surface area contributed by atoms with Crippen molar-refractivity contribution in [3.8, 4) is 0 Å². The Bertz CT molecular complexity index is 997. The van der Waals surface area contributed by atoms with Crippen LogP contribution in [-0.2, 0) is 10.0 Å². The van der Waals surface area contributed by atoms with Gasteiger partial charge in [0.15, 0.2) is 0 Å². The minimum absolute atomic E-state index is 0.0502. The summed E-state index contributed by atoms with van der Waals surface area (Å²) in [6.07, 6.45) is 5.17. The van der Waals surface area contributed by atoms with Crippen LogP contribution in [0.1, 0.15) is 36.0 Å². The summed E-state index contributed by atoms with van der Waals surface area (Å²) in [5.74, 6) is -0.0502. The highest BCUT2D eigenvalue weighted by molar-refractivity contribution is 9.10. The Morgan fingerprint density at radius 2 is 1.63 bits per heavy atom. The summed E-state index contributed by atoms with van der Waals surface area (Å²) < 4.78 is 28.6. The molecule has 1 heterocycles. The van der Waals surface area contributed by atoms with Crippen LogP contribution in [-0.4, -0.2) is 56.3 Å². The topological polar surface area (TPSA) is 69.7 Å². The monoisotopic (exact) mass is 491 g/mol. The molecule has 8 heteroatoms. The molecule has 160 valence electrons. The van der Waals surface area contributed by atoms with Crippen molar-refractivity contribution < 1.29 is 13.2 Å². The Hall–Kier alpha value is -1.90. The molecule has 2 aromatic rings. The van der Waals surface area contributed by atoms with Gasteiger partial charge in [0.05, 0.1) is 4.90 Å². The van der Waals surface area contributed by atoms with Crippen molar-refractivity contribution in [3.05, 3.63) is 58.6 Å². The fourth-order valence-corrected chi connectivity index (χ4v) is 5.60. The molecule has 1 amide bonds. The van der Waals surface area contributed by atoms with Crippen LogP contribution in [0.2, 0.25) is 0 Å². The van der Waals surface area contributed by atoms with Crippen molar-refractivity contribution in [2.75, 3.05) is 30.9 Å². The molecule has 0 spiro atoms. The summed E-state index contributed by atoms with van der Waals surface area (Å²) in [6, 6.07) is 13.8. The van der Waals surface area contributed by atoms with Gasteiger partial charge in [-0.05, 0) is 55.3 Å². The highest BCUT2D eigenvalue weighted by atomic mass is 79.9. The Morgan fingerprint density at radius 1 is 0.967 bits per heavy atom. The number of halogens is 1. The van der Waals surface area contributed by atoms with Gasteiger partial charge in [-0.15, -0.1) is 0 Å². The van der Waals surface area contributed by atoms with E-state index in [0.717, 1.165) is 17.6 Å². The minimum atomic E-state index is -3.72. The van der Waals surface area contributed by atoms with E-state index < -0.39 is 10.0 Å². The average Bonchev–Trinajstić information content (AvgIpc) is 3.28. The second-order valence-corrected chi connectivity index (χ2v) is 10.5. The maximum Gasteiger partial charge on any atom is 0.261 e. The number of amides is 1. The molecule has 30 heavy (non-hydrogen) atoms. The van der Waals surface area contributed by atoms with Crippen LogP contribution >= 0.6 is 15.9 Å². The number of nitrogens with zero attached hydrogens (tertiary/aromatic N) is 2. The van der Waals surface area contributed by atoms with E-state index in [9.17, 15) is 13.2 Å². The van der Waals surface area contributed by atoms with Gasteiger partial charge in [0, 0.05) is 47.9 Å². The van der Waals surface area contributed by atoms with E-state index in [4.69, 9.17) is 0 Å². The highest BCUT2D eigenvalue weighted by Crippen LogP contribution is 2.25. The lowest BCUT2D eigenvalue weighted by Gasteiger charge is -2.38. The van der Waals surface area contributed by atoms with Crippen LogP contribution < -0.4 is 4.72 Å². The summed E-state index contributed by atoms with van der Waals surface area (Å²) >= 11 is 3.30. The Balaban J connectivity index is 1.41. The zero-order valence-corrected chi connectivity index (χ0v) is 19.2. The zero-order chi connectivity index (χ0) is 21.1. The minimum Gasteiger partial charge on any atom is -0.336 e. The Labute approximate surface area is 186 Å². The number of benzene rings is 2. The number of sulfonamides is 1. The van der Waals surface area contributed by atoms with Crippen molar-refractivity contribution in [2.45, 2.75) is 36.6 Å². The molecule has 0 atom stereocenters. The molecule has 1 saturated carbocycles. The average molecular weight is 492 g/mol. The van der Waals surface area contributed by atoms with Crippen molar-refractivity contribution in [1.82, 2.24) is 9.80 Å². The Kier molecular flexibility index (Phi) is 6.46. The van der Waals surface area contributed by atoms with Crippen molar-refractivity contribution in [2.24, 2.45) is 0 Å². The smallest absolute Gasteiger partial charge is 0.261 e. The third-order valence-corrected chi connectivity index (χ3v) is 7.85.